The summed E-state index contributed by atoms with van der Waals surface area (Å²) in [5.41, 5.74) is 12.3. The number of phenolic OH excluding ortho intramolecular Hbond substituents is 1. The summed E-state index contributed by atoms with van der Waals surface area (Å²) in [5, 5.41) is 24.0. The lowest BCUT2D eigenvalue weighted by atomic mass is 10.0. The van der Waals surface area contributed by atoms with Crippen molar-refractivity contribution in [3.63, 3.8) is 0 Å². The Labute approximate surface area is 210 Å². The number of nitrogens with zero attached hydrogens (tertiary/aromatic N) is 1. The highest BCUT2D eigenvalue weighted by Crippen LogP contribution is 2.19. The molecule has 0 saturated carbocycles. The number of hydrogen-bond acceptors (Lipinski definition) is 8. The van der Waals surface area contributed by atoms with Gasteiger partial charge in [-0.3, -0.25) is 14.4 Å². The van der Waals surface area contributed by atoms with Crippen LogP contribution in [0.3, 0.4) is 0 Å². The summed E-state index contributed by atoms with van der Waals surface area (Å²) in [6, 6.07) is 2.43. The molecule has 0 spiro atoms. The zero-order valence-corrected chi connectivity index (χ0v) is 20.5. The quantitative estimate of drug-likeness (QED) is 0.135. The first-order valence-corrected chi connectivity index (χ1v) is 12.3. The normalized spacial score (nSPS) is 17.9. The molecule has 11 nitrogen and oxygen atoms in total. The van der Waals surface area contributed by atoms with E-state index in [1.807, 2.05) is 0 Å². The molecule has 2 rings (SSSR count). The van der Waals surface area contributed by atoms with E-state index >= 15 is 0 Å². The third-order valence-electron chi connectivity index (χ3n) is 5.93. The molecule has 1 aliphatic rings. The molecule has 0 aromatic heterocycles. The number of benzene rings is 1. The van der Waals surface area contributed by atoms with Crippen molar-refractivity contribution in [2.75, 3.05) is 18.8 Å². The van der Waals surface area contributed by atoms with Crippen LogP contribution < -0.4 is 22.1 Å². The van der Waals surface area contributed by atoms with Crippen LogP contribution in [0.5, 0.6) is 5.75 Å². The largest absolute Gasteiger partial charge is 0.508 e. The van der Waals surface area contributed by atoms with Crippen molar-refractivity contribution in [3.05, 3.63) is 29.8 Å². The van der Waals surface area contributed by atoms with Gasteiger partial charge in [-0.15, -0.1) is 0 Å². The van der Waals surface area contributed by atoms with Crippen molar-refractivity contribution >= 4 is 36.3 Å². The maximum atomic E-state index is 13.0. The molecule has 0 aliphatic carbocycles. The predicted molar refractivity (Wildman–Crippen MR) is 133 cm³/mol. The maximum Gasteiger partial charge on any atom is 0.326 e. The fourth-order valence-electron chi connectivity index (χ4n) is 3.96. The summed E-state index contributed by atoms with van der Waals surface area (Å²) in [6.07, 6.45) is 2.61. The van der Waals surface area contributed by atoms with Crippen molar-refractivity contribution < 1.29 is 29.4 Å². The molecule has 1 aliphatic heterocycles. The molecule has 1 saturated heterocycles. The standard InChI is InChI=1S/C23H35N5O6S/c24-10-2-1-4-17(26-20(30)16(25)12-14-6-8-15(29)9-7-14)21(31)27-18(13-35)22(32)28-11-3-5-19(28)23(33)34/h6-9,16-19,29,35H,1-5,10-13,24-25H2,(H,26,30)(H,27,31)(H,33,34). The second-order valence-electron chi connectivity index (χ2n) is 8.59. The van der Waals surface area contributed by atoms with Gasteiger partial charge in [0.2, 0.25) is 17.7 Å². The van der Waals surface area contributed by atoms with E-state index in [0.29, 0.717) is 38.8 Å². The second-order valence-corrected chi connectivity index (χ2v) is 8.96. The molecule has 0 bridgehead atoms. The first kappa shape index (κ1) is 28.4. The number of carbonyl (C=O) groups excluding carboxylic acids is 3. The number of carboxylic acids is 1. The monoisotopic (exact) mass is 509 g/mol. The summed E-state index contributed by atoms with van der Waals surface area (Å²) in [7, 11) is 0. The van der Waals surface area contributed by atoms with Crippen molar-refractivity contribution in [1.82, 2.24) is 15.5 Å². The fourth-order valence-corrected chi connectivity index (χ4v) is 4.21. The Kier molecular flexibility index (Phi) is 11.3. The Morgan fingerprint density at radius 2 is 1.74 bits per heavy atom. The average Bonchev–Trinajstić information content (AvgIpc) is 3.33. The van der Waals surface area contributed by atoms with Crippen LogP contribution in [0.25, 0.3) is 0 Å². The Hall–Kier alpha value is -2.83. The first-order chi connectivity index (χ1) is 16.7. The molecule has 1 aromatic rings. The topological polar surface area (TPSA) is 188 Å². The van der Waals surface area contributed by atoms with E-state index in [1.165, 1.54) is 17.0 Å². The lowest BCUT2D eigenvalue weighted by Gasteiger charge is -2.28. The Morgan fingerprint density at radius 1 is 1.09 bits per heavy atom. The number of phenols is 1. The van der Waals surface area contributed by atoms with Crippen LogP contribution in [0.1, 0.15) is 37.7 Å². The minimum Gasteiger partial charge on any atom is -0.508 e. The number of hydrogen-bond donors (Lipinski definition) is 7. The Balaban J connectivity index is 2.05. The number of nitrogens with two attached hydrogens (primary N) is 2. The van der Waals surface area contributed by atoms with Crippen LogP contribution in [0.4, 0.5) is 0 Å². The zero-order chi connectivity index (χ0) is 26.0. The lowest BCUT2D eigenvalue weighted by molar-refractivity contribution is -0.149. The molecule has 1 aromatic carbocycles. The first-order valence-electron chi connectivity index (χ1n) is 11.7. The molecule has 1 fully saturated rings. The van der Waals surface area contributed by atoms with E-state index in [4.69, 9.17) is 11.5 Å². The van der Waals surface area contributed by atoms with Gasteiger partial charge < -0.3 is 37.2 Å². The van der Waals surface area contributed by atoms with E-state index in [2.05, 4.69) is 23.3 Å². The molecule has 1 heterocycles. The predicted octanol–water partition coefficient (Wildman–Crippen LogP) is -0.634. The highest BCUT2D eigenvalue weighted by Gasteiger charge is 2.38. The summed E-state index contributed by atoms with van der Waals surface area (Å²) < 4.78 is 0. The number of amides is 3. The Bertz CT molecular complexity index is 884. The highest BCUT2D eigenvalue weighted by atomic mass is 32.1. The van der Waals surface area contributed by atoms with Gasteiger partial charge in [0.15, 0.2) is 0 Å². The van der Waals surface area contributed by atoms with Crippen molar-refractivity contribution in [2.24, 2.45) is 11.5 Å². The number of carboxylic acid groups (broad SMARTS) is 1. The SMILES string of the molecule is NCCCCC(NC(=O)C(N)Cc1ccc(O)cc1)C(=O)NC(CS)C(=O)N1CCCC1C(=O)O. The van der Waals surface area contributed by atoms with Gasteiger partial charge in [0, 0.05) is 12.3 Å². The Morgan fingerprint density at radius 3 is 2.34 bits per heavy atom. The van der Waals surface area contributed by atoms with Crippen molar-refractivity contribution in [3.8, 4) is 5.75 Å². The number of likely N-dealkylation sites (tertiary alicyclic amines) is 1. The van der Waals surface area contributed by atoms with E-state index in [0.717, 1.165) is 5.56 Å². The van der Waals surface area contributed by atoms with Crippen LogP contribution in [0, 0.1) is 0 Å². The summed E-state index contributed by atoms with van der Waals surface area (Å²) in [4.78, 5) is 51.4. The summed E-state index contributed by atoms with van der Waals surface area (Å²) >= 11 is 4.17. The van der Waals surface area contributed by atoms with Crippen LogP contribution >= 0.6 is 12.6 Å². The number of rotatable bonds is 13. The molecule has 194 valence electrons. The maximum absolute atomic E-state index is 13.0. The molecular formula is C23H35N5O6S. The van der Waals surface area contributed by atoms with Crippen LogP contribution in [0.2, 0.25) is 0 Å². The van der Waals surface area contributed by atoms with Gasteiger partial charge in [-0.2, -0.15) is 12.6 Å². The molecule has 0 radical (unpaired) electrons. The summed E-state index contributed by atoms with van der Waals surface area (Å²) in [5.74, 6) is -2.66. The third-order valence-corrected chi connectivity index (χ3v) is 6.29. The van der Waals surface area contributed by atoms with Gasteiger partial charge in [0.05, 0.1) is 6.04 Å². The van der Waals surface area contributed by atoms with Gasteiger partial charge in [0.1, 0.15) is 23.9 Å². The minimum atomic E-state index is -1.09. The number of aromatic hydroxyl groups is 1. The molecule has 4 unspecified atom stereocenters. The van der Waals surface area contributed by atoms with E-state index in [-0.39, 0.29) is 24.3 Å². The van der Waals surface area contributed by atoms with E-state index in [9.17, 15) is 29.4 Å². The summed E-state index contributed by atoms with van der Waals surface area (Å²) in [6.45, 7) is 0.713. The molecule has 4 atom stereocenters. The molecule has 3 amide bonds. The van der Waals surface area contributed by atoms with Crippen LogP contribution in [0.15, 0.2) is 24.3 Å². The van der Waals surface area contributed by atoms with Crippen LogP contribution in [-0.4, -0.2) is 81.8 Å². The van der Waals surface area contributed by atoms with Crippen molar-refractivity contribution in [2.45, 2.75) is 62.7 Å². The number of carbonyl (C=O) groups is 4. The molecular weight excluding hydrogens is 474 g/mol. The molecule has 12 heteroatoms. The zero-order valence-electron chi connectivity index (χ0n) is 19.6. The average molecular weight is 510 g/mol. The minimum absolute atomic E-state index is 0.0305. The van der Waals surface area contributed by atoms with Crippen LogP contribution in [-0.2, 0) is 25.6 Å². The van der Waals surface area contributed by atoms with Gasteiger partial charge in [-0.25, -0.2) is 4.79 Å². The number of aliphatic carboxylic acids is 1. The van der Waals surface area contributed by atoms with E-state index in [1.54, 1.807) is 12.1 Å². The highest BCUT2D eigenvalue weighted by molar-refractivity contribution is 7.80. The second kappa shape index (κ2) is 13.9. The number of unbranched alkanes of at least 4 members (excludes halogenated alkanes) is 1. The van der Waals surface area contributed by atoms with Gasteiger partial charge in [-0.1, -0.05) is 12.1 Å². The number of nitrogens with one attached hydrogen (secondary N) is 2. The lowest BCUT2D eigenvalue weighted by Crippen LogP contribution is -2.57. The third kappa shape index (κ3) is 8.41. The van der Waals surface area contributed by atoms with Gasteiger partial charge >= 0.3 is 5.97 Å². The smallest absolute Gasteiger partial charge is 0.326 e. The van der Waals surface area contributed by atoms with Crippen molar-refractivity contribution in [1.29, 1.82) is 0 Å². The van der Waals surface area contributed by atoms with E-state index < -0.39 is 47.9 Å². The number of thiol groups is 1. The van der Waals surface area contributed by atoms with Gasteiger partial charge in [0.25, 0.3) is 0 Å². The molecule has 35 heavy (non-hydrogen) atoms. The molecule has 8 N–H and O–H groups in total. The van der Waals surface area contributed by atoms with Gasteiger partial charge in [-0.05, 0) is 62.8 Å². The fraction of sp³-hybridized carbons (Fsp3) is 0.565.